The van der Waals surface area contributed by atoms with Gasteiger partial charge < -0.3 is 19.3 Å². The number of carbonyl (C=O) groups is 2. The van der Waals surface area contributed by atoms with Crippen LogP contribution >= 0.6 is 0 Å². The van der Waals surface area contributed by atoms with E-state index in [2.05, 4.69) is 19.9 Å². The highest BCUT2D eigenvalue weighted by Gasteiger charge is 2.45. The van der Waals surface area contributed by atoms with E-state index in [1.807, 2.05) is 19.9 Å². The highest BCUT2D eigenvalue weighted by Crippen LogP contribution is 2.32. The average molecular weight is 425 g/mol. The van der Waals surface area contributed by atoms with Crippen LogP contribution in [0.15, 0.2) is 12.2 Å². The Morgan fingerprint density at radius 2 is 1.77 bits per heavy atom. The standard InChI is InChI=1S/C24H40O6/c1-17-11-10-12-18(2)19(13-8-6-5-7-9-14-21(25)26)28-23(27)22-20(16-15-17)29-24(3,4)30-22/h15-20,22H,5-14H2,1-4H3,(H,25,26)/b16-15+/t17-,18+,19-,20-,22-/m1/s1. The molecule has 2 aliphatic heterocycles. The van der Waals surface area contributed by atoms with Gasteiger partial charge in [-0.2, -0.15) is 0 Å². The Hall–Kier alpha value is -1.40. The molecule has 1 fully saturated rings. The molecule has 1 saturated heterocycles. The molecule has 0 aromatic carbocycles. The van der Waals surface area contributed by atoms with Gasteiger partial charge in [-0.15, -0.1) is 0 Å². The number of carboxylic acids is 1. The van der Waals surface area contributed by atoms with E-state index in [4.69, 9.17) is 19.3 Å². The van der Waals surface area contributed by atoms with Crippen LogP contribution < -0.4 is 0 Å². The summed E-state index contributed by atoms with van der Waals surface area (Å²) in [5, 5.41) is 8.71. The Balaban J connectivity index is 1.94. The van der Waals surface area contributed by atoms with E-state index in [1.165, 1.54) is 0 Å². The van der Waals surface area contributed by atoms with Gasteiger partial charge in [0.15, 0.2) is 11.9 Å². The number of allylic oxidation sites excluding steroid dienone is 1. The maximum atomic E-state index is 13.0. The molecule has 0 bridgehead atoms. The van der Waals surface area contributed by atoms with Crippen LogP contribution in [0.5, 0.6) is 0 Å². The summed E-state index contributed by atoms with van der Waals surface area (Å²) < 4.78 is 17.8. The molecule has 0 amide bonds. The zero-order valence-electron chi connectivity index (χ0n) is 19.1. The summed E-state index contributed by atoms with van der Waals surface area (Å²) in [5.74, 6) is -1.14. The number of rotatable bonds is 8. The predicted octanol–water partition coefficient (Wildman–Crippen LogP) is 5.25. The summed E-state index contributed by atoms with van der Waals surface area (Å²) in [6, 6.07) is 0. The van der Waals surface area contributed by atoms with Crippen LogP contribution in [-0.2, 0) is 23.8 Å². The minimum atomic E-state index is -0.806. The molecule has 0 unspecified atom stereocenters. The third kappa shape index (κ3) is 8.38. The summed E-state index contributed by atoms with van der Waals surface area (Å²) >= 11 is 0. The fourth-order valence-electron chi connectivity index (χ4n) is 4.28. The van der Waals surface area contributed by atoms with Gasteiger partial charge in [0.05, 0.1) is 0 Å². The summed E-state index contributed by atoms with van der Waals surface area (Å²) in [7, 11) is 0. The number of hydrogen-bond donors (Lipinski definition) is 1. The number of ether oxygens (including phenoxy) is 3. The summed E-state index contributed by atoms with van der Waals surface area (Å²) in [6.45, 7) is 8.02. The predicted molar refractivity (Wildman–Crippen MR) is 115 cm³/mol. The van der Waals surface area contributed by atoms with Crippen LogP contribution in [-0.4, -0.2) is 41.1 Å². The van der Waals surface area contributed by atoms with E-state index < -0.39 is 24.0 Å². The first-order valence-electron chi connectivity index (χ1n) is 11.6. The van der Waals surface area contributed by atoms with Crippen molar-refractivity contribution in [3.05, 3.63) is 12.2 Å². The maximum Gasteiger partial charge on any atom is 0.338 e. The van der Waals surface area contributed by atoms with Gasteiger partial charge in [-0.05, 0) is 57.8 Å². The maximum absolute atomic E-state index is 13.0. The molecule has 1 N–H and O–H groups in total. The molecule has 6 nitrogen and oxygen atoms in total. The molecular formula is C24H40O6. The highest BCUT2D eigenvalue weighted by atomic mass is 16.8. The van der Waals surface area contributed by atoms with E-state index in [0.29, 0.717) is 11.8 Å². The normalized spacial score (nSPS) is 33.1. The van der Waals surface area contributed by atoms with Gasteiger partial charge in [-0.1, -0.05) is 51.7 Å². The Morgan fingerprint density at radius 1 is 1.07 bits per heavy atom. The molecule has 0 aromatic rings. The summed E-state index contributed by atoms with van der Waals surface area (Å²) in [6.07, 6.45) is 11.8. The second kappa shape index (κ2) is 11.8. The number of unbranched alkanes of at least 4 members (excludes halogenated alkanes) is 4. The number of carbonyl (C=O) groups excluding carboxylic acids is 1. The van der Waals surface area contributed by atoms with Gasteiger partial charge in [-0.3, -0.25) is 4.79 Å². The third-order valence-electron chi connectivity index (χ3n) is 6.09. The fraction of sp³-hybridized carbons (Fsp3) is 0.833. The van der Waals surface area contributed by atoms with Crippen molar-refractivity contribution in [1.29, 1.82) is 0 Å². The molecule has 2 heterocycles. The number of esters is 1. The second-order valence-corrected chi connectivity index (χ2v) is 9.47. The van der Waals surface area contributed by atoms with Gasteiger partial charge in [0, 0.05) is 6.42 Å². The lowest BCUT2D eigenvalue weighted by atomic mass is 9.91. The quantitative estimate of drug-likeness (QED) is 0.326. The van der Waals surface area contributed by atoms with Gasteiger partial charge in [0.1, 0.15) is 12.2 Å². The number of hydrogen-bond acceptors (Lipinski definition) is 5. The number of carboxylic acid groups (broad SMARTS) is 1. The Morgan fingerprint density at radius 3 is 2.50 bits per heavy atom. The Bertz CT molecular complexity index is 584. The zero-order chi connectivity index (χ0) is 22.1. The van der Waals surface area contributed by atoms with Crippen molar-refractivity contribution in [3.8, 4) is 0 Å². The number of cyclic esters (lactones) is 1. The van der Waals surface area contributed by atoms with E-state index in [0.717, 1.165) is 57.8 Å². The third-order valence-corrected chi connectivity index (χ3v) is 6.09. The van der Waals surface area contributed by atoms with Crippen molar-refractivity contribution in [3.63, 3.8) is 0 Å². The molecular weight excluding hydrogens is 384 g/mol. The molecule has 0 aromatic heterocycles. The van der Waals surface area contributed by atoms with E-state index >= 15 is 0 Å². The van der Waals surface area contributed by atoms with Crippen LogP contribution in [0.4, 0.5) is 0 Å². The fourth-order valence-corrected chi connectivity index (χ4v) is 4.28. The first kappa shape index (κ1) is 24.9. The second-order valence-electron chi connectivity index (χ2n) is 9.47. The average Bonchev–Trinajstić information content (AvgIpc) is 2.98. The van der Waals surface area contributed by atoms with E-state index in [9.17, 15) is 9.59 Å². The zero-order valence-corrected chi connectivity index (χ0v) is 19.1. The van der Waals surface area contributed by atoms with Crippen molar-refractivity contribution in [2.24, 2.45) is 11.8 Å². The molecule has 0 spiro atoms. The van der Waals surface area contributed by atoms with E-state index in [1.54, 1.807) is 0 Å². The molecule has 172 valence electrons. The van der Waals surface area contributed by atoms with Gasteiger partial charge in [0.2, 0.25) is 0 Å². The van der Waals surface area contributed by atoms with Crippen LogP contribution in [0.2, 0.25) is 0 Å². The van der Waals surface area contributed by atoms with Crippen molar-refractivity contribution < 1.29 is 28.9 Å². The monoisotopic (exact) mass is 424 g/mol. The minimum Gasteiger partial charge on any atom is -0.481 e. The molecule has 2 rings (SSSR count). The largest absolute Gasteiger partial charge is 0.481 e. The lowest BCUT2D eigenvalue weighted by Gasteiger charge is -2.27. The van der Waals surface area contributed by atoms with Crippen molar-refractivity contribution in [2.45, 2.75) is 116 Å². The van der Waals surface area contributed by atoms with Gasteiger partial charge >= 0.3 is 11.9 Å². The molecule has 30 heavy (non-hydrogen) atoms. The minimum absolute atomic E-state index is 0.122. The van der Waals surface area contributed by atoms with Gasteiger partial charge in [0.25, 0.3) is 0 Å². The number of aliphatic carboxylic acids is 1. The smallest absolute Gasteiger partial charge is 0.338 e. The van der Waals surface area contributed by atoms with Crippen LogP contribution in [0.3, 0.4) is 0 Å². The van der Waals surface area contributed by atoms with E-state index in [-0.39, 0.29) is 18.5 Å². The SMILES string of the molecule is C[C@H]1/C=C/[C@H]2OC(C)(C)O[C@H]2C(=O)O[C@H](CCCCCCCC(=O)O)[C@@H](C)CCC1. The molecule has 2 aliphatic rings. The summed E-state index contributed by atoms with van der Waals surface area (Å²) in [4.78, 5) is 23.5. The van der Waals surface area contributed by atoms with Crippen LogP contribution in [0.1, 0.15) is 91.9 Å². The Kier molecular flexibility index (Phi) is 9.82. The van der Waals surface area contributed by atoms with Crippen molar-refractivity contribution >= 4 is 11.9 Å². The summed E-state index contributed by atoms with van der Waals surface area (Å²) in [5.41, 5.74) is 0. The molecule has 0 aliphatic carbocycles. The lowest BCUT2D eigenvalue weighted by Crippen LogP contribution is -2.37. The first-order chi connectivity index (χ1) is 14.2. The molecule has 5 atom stereocenters. The highest BCUT2D eigenvalue weighted by molar-refractivity contribution is 5.76. The van der Waals surface area contributed by atoms with Gasteiger partial charge in [-0.25, -0.2) is 4.79 Å². The van der Waals surface area contributed by atoms with Crippen molar-refractivity contribution in [1.82, 2.24) is 0 Å². The van der Waals surface area contributed by atoms with Crippen LogP contribution in [0.25, 0.3) is 0 Å². The number of fused-ring (bicyclic) bond motifs is 1. The van der Waals surface area contributed by atoms with Crippen LogP contribution in [0, 0.1) is 11.8 Å². The van der Waals surface area contributed by atoms with Crippen molar-refractivity contribution in [2.75, 3.05) is 0 Å². The first-order valence-corrected chi connectivity index (χ1v) is 11.6. The molecule has 0 saturated carbocycles. The molecule has 0 radical (unpaired) electrons. The topological polar surface area (TPSA) is 82.1 Å². The lowest BCUT2D eigenvalue weighted by molar-refractivity contribution is -0.176. The Labute approximate surface area is 181 Å². The molecule has 6 heteroatoms.